The van der Waals surface area contributed by atoms with Crippen molar-refractivity contribution in [3.63, 3.8) is 0 Å². The van der Waals surface area contributed by atoms with Crippen molar-refractivity contribution < 1.29 is 24.2 Å². The summed E-state index contributed by atoms with van der Waals surface area (Å²) in [5, 5.41) is 15.9. The van der Waals surface area contributed by atoms with Crippen LogP contribution in [0.25, 0.3) is 0 Å². The first-order valence-electron chi connectivity index (χ1n) is 6.35. The molecule has 2 heterocycles. The van der Waals surface area contributed by atoms with E-state index in [-0.39, 0.29) is 6.61 Å². The molecule has 0 aromatic heterocycles. The van der Waals surface area contributed by atoms with E-state index in [9.17, 15) is 14.7 Å². The summed E-state index contributed by atoms with van der Waals surface area (Å²) in [6.07, 6.45) is 2.51. The maximum atomic E-state index is 12.0. The molecule has 2 aliphatic heterocycles. The van der Waals surface area contributed by atoms with E-state index in [0.717, 1.165) is 0 Å². The van der Waals surface area contributed by atoms with Gasteiger partial charge in [-0.15, -0.1) is 0 Å². The molecule has 3 rings (SSSR count). The molecule has 7 heteroatoms. The molecule has 1 aliphatic carbocycles. The quantitative estimate of drug-likeness (QED) is 0.442. The Bertz CT molecular complexity index is 451. The number of hydrogen-bond donors (Lipinski definition) is 3. The molecule has 7 nitrogen and oxygen atoms in total. The fourth-order valence-electron chi connectivity index (χ4n) is 3.11. The van der Waals surface area contributed by atoms with Crippen LogP contribution in [0.4, 0.5) is 4.79 Å². The molecule has 19 heavy (non-hydrogen) atoms. The van der Waals surface area contributed by atoms with Crippen LogP contribution in [0.5, 0.6) is 0 Å². The number of alkyl carbamates (subject to hydrolysis) is 1. The van der Waals surface area contributed by atoms with Gasteiger partial charge in [0.25, 0.3) is 0 Å². The Labute approximate surface area is 109 Å². The SMILES string of the molecule is CCOC(=O)[C@@H]1N[C@@H]2C=CC[C@@]3(OC(=O)N[C@@H]13)C2O. The van der Waals surface area contributed by atoms with Crippen LogP contribution in [0.2, 0.25) is 0 Å². The van der Waals surface area contributed by atoms with E-state index in [0.29, 0.717) is 6.42 Å². The lowest BCUT2D eigenvalue weighted by Crippen LogP contribution is -2.74. The minimum Gasteiger partial charge on any atom is -0.465 e. The number of esters is 1. The molecule has 2 saturated heterocycles. The number of amides is 1. The number of carbonyl (C=O) groups excluding carboxylic acids is 2. The van der Waals surface area contributed by atoms with Gasteiger partial charge in [-0.1, -0.05) is 12.2 Å². The van der Waals surface area contributed by atoms with Gasteiger partial charge in [-0.2, -0.15) is 0 Å². The fraction of sp³-hybridized carbons (Fsp3) is 0.667. The number of aliphatic hydroxyl groups excluding tert-OH is 1. The first kappa shape index (κ1) is 12.4. The zero-order valence-corrected chi connectivity index (χ0v) is 10.5. The van der Waals surface area contributed by atoms with Crippen LogP contribution in [-0.4, -0.2) is 53.6 Å². The average molecular weight is 268 g/mol. The third-order valence-electron chi connectivity index (χ3n) is 3.95. The Morgan fingerprint density at radius 1 is 1.68 bits per heavy atom. The first-order chi connectivity index (χ1) is 9.08. The number of nitrogens with one attached hydrogen (secondary N) is 2. The summed E-state index contributed by atoms with van der Waals surface area (Å²) in [5.41, 5.74) is -1.08. The largest absolute Gasteiger partial charge is 0.465 e. The number of rotatable bonds is 2. The van der Waals surface area contributed by atoms with Crippen LogP contribution in [0.15, 0.2) is 12.2 Å². The summed E-state index contributed by atoms with van der Waals surface area (Å²) in [6.45, 7) is 1.98. The molecular weight excluding hydrogens is 252 g/mol. The van der Waals surface area contributed by atoms with Gasteiger partial charge in [-0.05, 0) is 6.92 Å². The predicted octanol–water partition coefficient (Wildman–Crippen LogP) is -0.942. The summed E-state index contributed by atoms with van der Waals surface area (Å²) >= 11 is 0. The molecule has 0 saturated carbocycles. The Morgan fingerprint density at radius 3 is 3.21 bits per heavy atom. The Morgan fingerprint density at radius 2 is 2.47 bits per heavy atom. The summed E-state index contributed by atoms with van der Waals surface area (Å²) in [5.74, 6) is -0.449. The Balaban J connectivity index is 1.96. The topological polar surface area (TPSA) is 96.9 Å². The van der Waals surface area contributed by atoms with Crippen LogP contribution in [0.3, 0.4) is 0 Å². The van der Waals surface area contributed by atoms with Crippen molar-refractivity contribution in [2.75, 3.05) is 6.61 Å². The van der Waals surface area contributed by atoms with Crippen LogP contribution in [0, 0.1) is 0 Å². The molecule has 0 aromatic carbocycles. The third kappa shape index (κ3) is 1.65. The van der Waals surface area contributed by atoms with E-state index in [2.05, 4.69) is 10.6 Å². The van der Waals surface area contributed by atoms with E-state index in [4.69, 9.17) is 9.47 Å². The van der Waals surface area contributed by atoms with E-state index in [1.54, 1.807) is 13.0 Å². The number of fused-ring (bicyclic) bond motifs is 1. The van der Waals surface area contributed by atoms with Crippen LogP contribution in [0.1, 0.15) is 13.3 Å². The van der Waals surface area contributed by atoms with Crippen molar-refractivity contribution in [2.24, 2.45) is 0 Å². The number of aliphatic hydroxyl groups is 1. The van der Waals surface area contributed by atoms with Crippen molar-refractivity contribution in [1.29, 1.82) is 0 Å². The van der Waals surface area contributed by atoms with Gasteiger partial charge >= 0.3 is 12.1 Å². The van der Waals surface area contributed by atoms with E-state index < -0.39 is 41.9 Å². The highest BCUT2D eigenvalue weighted by atomic mass is 16.6. The second kappa shape index (κ2) is 4.21. The molecule has 3 N–H and O–H groups in total. The number of carbonyl (C=O) groups is 2. The number of piperidine rings is 1. The minimum absolute atomic E-state index is 0.259. The van der Waals surface area contributed by atoms with E-state index in [1.807, 2.05) is 6.08 Å². The van der Waals surface area contributed by atoms with Gasteiger partial charge < -0.3 is 19.9 Å². The minimum atomic E-state index is -1.08. The van der Waals surface area contributed by atoms with Gasteiger partial charge in [0.05, 0.1) is 12.6 Å². The van der Waals surface area contributed by atoms with E-state index in [1.165, 1.54) is 0 Å². The highest BCUT2D eigenvalue weighted by molar-refractivity contribution is 5.81. The molecule has 3 aliphatic rings. The van der Waals surface area contributed by atoms with Crippen molar-refractivity contribution in [2.45, 2.75) is 43.2 Å². The van der Waals surface area contributed by atoms with Crippen LogP contribution in [-0.2, 0) is 14.3 Å². The van der Waals surface area contributed by atoms with Gasteiger partial charge in [-0.3, -0.25) is 10.1 Å². The van der Waals surface area contributed by atoms with Gasteiger partial charge in [0, 0.05) is 6.42 Å². The summed E-state index contributed by atoms with van der Waals surface area (Å²) in [6, 6.07) is -1.77. The van der Waals surface area contributed by atoms with Gasteiger partial charge in [0.2, 0.25) is 0 Å². The van der Waals surface area contributed by atoms with Crippen molar-refractivity contribution in [1.82, 2.24) is 10.6 Å². The maximum Gasteiger partial charge on any atom is 0.408 e. The normalized spacial score (nSPS) is 43.2. The molecule has 5 atom stereocenters. The third-order valence-corrected chi connectivity index (χ3v) is 3.95. The lowest BCUT2D eigenvalue weighted by Gasteiger charge is -2.48. The summed E-state index contributed by atoms with van der Waals surface area (Å²) in [7, 11) is 0. The predicted molar refractivity (Wildman–Crippen MR) is 63.2 cm³/mol. The monoisotopic (exact) mass is 268 g/mol. The molecule has 0 aromatic rings. The van der Waals surface area contributed by atoms with E-state index >= 15 is 0 Å². The summed E-state index contributed by atoms with van der Waals surface area (Å²) in [4.78, 5) is 23.5. The van der Waals surface area contributed by atoms with Crippen molar-refractivity contribution >= 4 is 12.1 Å². The number of hydrogen-bond acceptors (Lipinski definition) is 6. The van der Waals surface area contributed by atoms with Crippen molar-refractivity contribution in [3.8, 4) is 0 Å². The Hall–Kier alpha value is -1.60. The van der Waals surface area contributed by atoms with Gasteiger partial charge in [0.15, 0.2) is 5.60 Å². The second-order valence-electron chi connectivity index (χ2n) is 4.97. The molecular formula is C12H16N2O5. The second-order valence-corrected chi connectivity index (χ2v) is 4.97. The molecule has 104 valence electrons. The average Bonchev–Trinajstić information content (AvgIpc) is 2.67. The highest BCUT2D eigenvalue weighted by Gasteiger charge is 2.64. The first-order valence-corrected chi connectivity index (χ1v) is 6.35. The summed E-state index contributed by atoms with van der Waals surface area (Å²) < 4.78 is 10.3. The molecule has 2 fully saturated rings. The molecule has 1 amide bonds. The maximum absolute atomic E-state index is 12.0. The van der Waals surface area contributed by atoms with Crippen LogP contribution < -0.4 is 10.6 Å². The lowest BCUT2D eigenvalue weighted by molar-refractivity contribution is -0.156. The van der Waals surface area contributed by atoms with Gasteiger partial charge in [0.1, 0.15) is 18.2 Å². The van der Waals surface area contributed by atoms with Crippen LogP contribution >= 0.6 is 0 Å². The molecule has 1 spiro atoms. The standard InChI is InChI=1S/C12H16N2O5/c1-2-18-10(16)7-8-12(19-11(17)14-8)5-3-4-6(13-7)9(12)15/h3-4,6-9,13,15H,2,5H2,1H3,(H,14,17)/t6-,7-,8+,9?,12+/m1/s1. The molecule has 0 radical (unpaired) electrons. The number of ether oxygens (including phenoxy) is 2. The van der Waals surface area contributed by atoms with Gasteiger partial charge in [-0.25, -0.2) is 4.79 Å². The smallest absolute Gasteiger partial charge is 0.408 e. The Kier molecular flexibility index (Phi) is 2.75. The van der Waals surface area contributed by atoms with Crippen molar-refractivity contribution in [3.05, 3.63) is 12.2 Å². The zero-order chi connectivity index (χ0) is 13.6. The fourth-order valence-corrected chi connectivity index (χ4v) is 3.11. The zero-order valence-electron chi connectivity index (χ0n) is 10.5. The lowest BCUT2D eigenvalue weighted by atomic mass is 9.72. The molecule has 1 unspecified atom stereocenters. The molecule has 2 bridgehead atoms. The highest BCUT2D eigenvalue weighted by Crippen LogP contribution is 2.40.